The lowest BCUT2D eigenvalue weighted by Crippen LogP contribution is -2.32. The van der Waals surface area contributed by atoms with Gasteiger partial charge in [0.15, 0.2) is 0 Å². The summed E-state index contributed by atoms with van der Waals surface area (Å²) in [7, 11) is 0. The van der Waals surface area contributed by atoms with E-state index in [0.29, 0.717) is 17.6 Å². The number of nitrogens with zero attached hydrogens (tertiary/aromatic N) is 1. The predicted octanol–water partition coefficient (Wildman–Crippen LogP) is 6.49. The van der Waals surface area contributed by atoms with Crippen molar-refractivity contribution in [3.8, 4) is 0 Å². The zero-order valence-electron chi connectivity index (χ0n) is 18.3. The van der Waals surface area contributed by atoms with Gasteiger partial charge in [-0.25, -0.2) is 0 Å². The Labute approximate surface area is 195 Å². The molecule has 5 rings (SSSR count). The van der Waals surface area contributed by atoms with E-state index in [4.69, 9.17) is 11.6 Å². The first-order valence-electron chi connectivity index (χ1n) is 11.7. The standard InChI is InChI=1S/C28H29ClN2O/c29-24-13-15-25(16-14-24)31(17-5-10-27-26-9-4-3-8-23(26)19-30-27)28(32)22-12-11-20-6-1-2-7-21(20)18-22/h3-4,8-9,11-16,18,27,30H,1-2,5-7,10,17,19H2. The van der Waals surface area contributed by atoms with Crippen molar-refractivity contribution >= 4 is 23.2 Å². The quantitative estimate of drug-likeness (QED) is 0.471. The smallest absolute Gasteiger partial charge is 0.258 e. The van der Waals surface area contributed by atoms with E-state index >= 15 is 0 Å². The van der Waals surface area contributed by atoms with Crippen molar-refractivity contribution in [3.63, 3.8) is 0 Å². The number of anilines is 1. The Kier molecular flexibility index (Phi) is 6.29. The summed E-state index contributed by atoms with van der Waals surface area (Å²) >= 11 is 6.12. The second-order valence-corrected chi connectivity index (χ2v) is 9.33. The number of fused-ring (bicyclic) bond motifs is 2. The molecule has 3 aromatic rings. The Balaban J connectivity index is 1.34. The zero-order valence-corrected chi connectivity index (χ0v) is 19.1. The fraction of sp³-hybridized carbons (Fsp3) is 0.321. The first-order chi connectivity index (χ1) is 15.7. The van der Waals surface area contributed by atoms with Crippen molar-refractivity contribution in [1.29, 1.82) is 0 Å². The van der Waals surface area contributed by atoms with Gasteiger partial charge in [-0.05, 0) is 97.2 Å². The number of hydrogen-bond acceptors (Lipinski definition) is 2. The lowest BCUT2D eigenvalue weighted by Gasteiger charge is -2.25. The molecule has 4 heteroatoms. The lowest BCUT2D eigenvalue weighted by molar-refractivity contribution is 0.0986. The molecule has 1 aliphatic heterocycles. The molecule has 0 bridgehead atoms. The second kappa shape index (κ2) is 9.48. The van der Waals surface area contributed by atoms with Crippen molar-refractivity contribution in [3.05, 3.63) is 99.6 Å². The summed E-state index contributed by atoms with van der Waals surface area (Å²) in [5.74, 6) is 0.0699. The summed E-state index contributed by atoms with van der Waals surface area (Å²) in [4.78, 5) is 15.5. The molecule has 1 heterocycles. The molecule has 0 aromatic heterocycles. The number of rotatable bonds is 6. The van der Waals surface area contributed by atoms with Gasteiger partial charge in [0.1, 0.15) is 0 Å². The molecule has 164 valence electrons. The van der Waals surface area contributed by atoms with Gasteiger partial charge in [0.05, 0.1) is 0 Å². The van der Waals surface area contributed by atoms with E-state index in [9.17, 15) is 4.79 Å². The fourth-order valence-corrected chi connectivity index (χ4v) is 5.21. The van der Waals surface area contributed by atoms with Gasteiger partial charge in [-0.2, -0.15) is 0 Å². The highest BCUT2D eigenvalue weighted by Gasteiger charge is 2.23. The molecule has 32 heavy (non-hydrogen) atoms. The zero-order chi connectivity index (χ0) is 21.9. The molecule has 0 fully saturated rings. The van der Waals surface area contributed by atoms with Crippen LogP contribution in [0.15, 0.2) is 66.7 Å². The van der Waals surface area contributed by atoms with Gasteiger partial charge in [0.25, 0.3) is 5.91 Å². The maximum atomic E-state index is 13.6. The van der Waals surface area contributed by atoms with Crippen molar-refractivity contribution in [2.75, 3.05) is 11.4 Å². The largest absolute Gasteiger partial charge is 0.308 e. The molecule has 3 nitrogen and oxygen atoms in total. The van der Waals surface area contributed by atoms with Crippen LogP contribution < -0.4 is 10.2 Å². The Morgan fingerprint density at radius 3 is 2.56 bits per heavy atom. The Bertz CT molecular complexity index is 1110. The molecule has 1 unspecified atom stereocenters. The van der Waals surface area contributed by atoms with Crippen molar-refractivity contribution in [1.82, 2.24) is 5.32 Å². The molecule has 1 amide bonds. The molecular weight excluding hydrogens is 416 g/mol. The summed E-state index contributed by atoms with van der Waals surface area (Å²) in [6.45, 7) is 1.60. The van der Waals surface area contributed by atoms with Crippen LogP contribution in [0, 0.1) is 0 Å². The van der Waals surface area contributed by atoms with Gasteiger partial charge in [-0.15, -0.1) is 0 Å². The molecular formula is C28H29ClN2O. The van der Waals surface area contributed by atoms with E-state index in [0.717, 1.165) is 43.5 Å². The number of benzene rings is 3. The normalized spacial score (nSPS) is 17.0. The third kappa shape index (κ3) is 4.46. The van der Waals surface area contributed by atoms with Gasteiger partial charge in [-0.1, -0.05) is 41.9 Å². The SMILES string of the molecule is O=C(c1ccc2c(c1)CCCC2)N(CCCC1NCc2ccccc21)c1ccc(Cl)cc1. The van der Waals surface area contributed by atoms with Gasteiger partial charge >= 0.3 is 0 Å². The Morgan fingerprint density at radius 1 is 0.938 bits per heavy atom. The maximum Gasteiger partial charge on any atom is 0.258 e. The highest BCUT2D eigenvalue weighted by Crippen LogP contribution is 2.30. The molecule has 0 radical (unpaired) electrons. The van der Waals surface area contributed by atoms with Crippen LogP contribution in [-0.2, 0) is 19.4 Å². The second-order valence-electron chi connectivity index (χ2n) is 8.90. The predicted molar refractivity (Wildman–Crippen MR) is 131 cm³/mol. The van der Waals surface area contributed by atoms with Crippen molar-refractivity contribution in [2.45, 2.75) is 51.1 Å². The molecule has 2 aliphatic rings. The van der Waals surface area contributed by atoms with Gasteiger partial charge in [0, 0.05) is 35.4 Å². The minimum atomic E-state index is 0.0699. The van der Waals surface area contributed by atoms with E-state index in [1.165, 1.54) is 35.1 Å². The van der Waals surface area contributed by atoms with Crippen LogP contribution in [0.1, 0.15) is 64.3 Å². The maximum absolute atomic E-state index is 13.6. The molecule has 1 N–H and O–H groups in total. The molecule has 0 saturated heterocycles. The number of halogens is 1. The minimum Gasteiger partial charge on any atom is -0.308 e. The Hall–Kier alpha value is -2.62. The minimum absolute atomic E-state index is 0.0699. The molecule has 1 aliphatic carbocycles. The molecule has 3 aromatic carbocycles. The summed E-state index contributed by atoms with van der Waals surface area (Å²) in [6, 6.07) is 22.9. The van der Waals surface area contributed by atoms with E-state index in [1.807, 2.05) is 35.2 Å². The number of nitrogens with one attached hydrogen (secondary N) is 1. The molecule has 0 spiro atoms. The number of aryl methyl sites for hydroxylation is 2. The van der Waals surface area contributed by atoms with E-state index in [2.05, 4.69) is 41.7 Å². The van der Waals surface area contributed by atoms with Crippen LogP contribution in [0.5, 0.6) is 0 Å². The third-order valence-electron chi connectivity index (χ3n) is 6.82. The molecule has 0 saturated carbocycles. The van der Waals surface area contributed by atoms with Crippen LogP contribution in [-0.4, -0.2) is 12.5 Å². The van der Waals surface area contributed by atoms with Gasteiger partial charge in [-0.3, -0.25) is 4.79 Å². The van der Waals surface area contributed by atoms with Gasteiger partial charge in [0.2, 0.25) is 0 Å². The third-order valence-corrected chi connectivity index (χ3v) is 7.07. The average Bonchev–Trinajstić information content (AvgIpc) is 3.25. The van der Waals surface area contributed by atoms with E-state index < -0.39 is 0 Å². The topological polar surface area (TPSA) is 32.3 Å². The Morgan fingerprint density at radius 2 is 1.72 bits per heavy atom. The first-order valence-corrected chi connectivity index (χ1v) is 12.1. The van der Waals surface area contributed by atoms with Crippen LogP contribution in [0.3, 0.4) is 0 Å². The highest BCUT2D eigenvalue weighted by atomic mass is 35.5. The lowest BCUT2D eigenvalue weighted by atomic mass is 9.90. The van der Waals surface area contributed by atoms with Gasteiger partial charge < -0.3 is 10.2 Å². The van der Waals surface area contributed by atoms with E-state index in [-0.39, 0.29) is 5.91 Å². The van der Waals surface area contributed by atoms with Crippen molar-refractivity contribution < 1.29 is 4.79 Å². The number of hydrogen-bond donors (Lipinski definition) is 1. The number of carbonyl (C=O) groups excluding carboxylic acids is 1. The summed E-state index contributed by atoms with van der Waals surface area (Å²) in [5.41, 5.74) is 7.20. The number of amides is 1. The monoisotopic (exact) mass is 444 g/mol. The summed E-state index contributed by atoms with van der Waals surface area (Å²) in [5, 5.41) is 4.30. The molecule has 1 atom stereocenters. The van der Waals surface area contributed by atoms with Crippen LogP contribution >= 0.6 is 11.6 Å². The fourth-order valence-electron chi connectivity index (χ4n) is 5.08. The average molecular weight is 445 g/mol. The first kappa shape index (κ1) is 21.2. The summed E-state index contributed by atoms with van der Waals surface area (Å²) in [6.07, 6.45) is 6.57. The van der Waals surface area contributed by atoms with E-state index in [1.54, 1.807) is 0 Å². The van der Waals surface area contributed by atoms with Crippen LogP contribution in [0.25, 0.3) is 0 Å². The number of carbonyl (C=O) groups is 1. The van der Waals surface area contributed by atoms with Crippen LogP contribution in [0.2, 0.25) is 5.02 Å². The van der Waals surface area contributed by atoms with Crippen molar-refractivity contribution in [2.24, 2.45) is 0 Å². The van der Waals surface area contributed by atoms with Crippen LogP contribution in [0.4, 0.5) is 5.69 Å². The highest BCUT2D eigenvalue weighted by molar-refractivity contribution is 6.30. The summed E-state index contributed by atoms with van der Waals surface area (Å²) < 4.78 is 0.